The number of nitrogens with one attached hydrogen (secondary N) is 1. The Hall–Kier alpha value is -3.04. The summed E-state index contributed by atoms with van der Waals surface area (Å²) in [7, 11) is 0. The molecular weight excluding hydrogens is 404 g/mol. The van der Waals surface area contributed by atoms with Gasteiger partial charge >= 0.3 is 0 Å². The van der Waals surface area contributed by atoms with Crippen molar-refractivity contribution in [3.05, 3.63) is 53.1 Å². The van der Waals surface area contributed by atoms with E-state index in [-0.39, 0.29) is 23.6 Å². The minimum Gasteiger partial charge on any atom is -0.328 e. The fraction of sp³-hybridized carbons (Fsp3) is 0.400. The first-order valence-electron chi connectivity index (χ1n) is 9.42. The predicted octanol–water partition coefficient (Wildman–Crippen LogP) is 2.95. The van der Waals surface area contributed by atoms with Crippen molar-refractivity contribution in [1.82, 2.24) is 14.9 Å². The van der Waals surface area contributed by atoms with Gasteiger partial charge in [0.1, 0.15) is 12.2 Å². The number of rotatable bonds is 4. The maximum absolute atomic E-state index is 14.5. The topological polar surface area (TPSA) is 75.2 Å². The summed E-state index contributed by atoms with van der Waals surface area (Å²) >= 11 is 0. The van der Waals surface area contributed by atoms with Gasteiger partial charge in [-0.25, -0.2) is 27.5 Å². The maximum atomic E-state index is 14.5. The zero-order valence-corrected chi connectivity index (χ0v) is 15.6. The van der Waals surface area contributed by atoms with E-state index in [1.807, 2.05) is 0 Å². The molecule has 2 amide bonds. The summed E-state index contributed by atoms with van der Waals surface area (Å²) in [5, 5.41) is 2.31. The normalized spacial score (nSPS) is 25.1. The molecule has 0 radical (unpaired) electrons. The second-order valence-corrected chi connectivity index (χ2v) is 8.12. The third kappa shape index (κ3) is 2.85. The van der Waals surface area contributed by atoms with Gasteiger partial charge < -0.3 is 4.90 Å². The molecule has 2 fully saturated rings. The minimum atomic E-state index is -3.05. The van der Waals surface area contributed by atoms with Crippen LogP contribution >= 0.6 is 0 Å². The Labute approximate surface area is 168 Å². The molecule has 156 valence electrons. The monoisotopic (exact) mass is 420 g/mol. The first kappa shape index (κ1) is 19.0. The van der Waals surface area contributed by atoms with Crippen LogP contribution in [0.3, 0.4) is 0 Å². The average Bonchev–Trinajstić information content (AvgIpc) is 3.57. The van der Waals surface area contributed by atoms with Crippen LogP contribution in [0.4, 0.5) is 23.5 Å². The number of alkyl halides is 3. The van der Waals surface area contributed by atoms with Gasteiger partial charge in [0.15, 0.2) is 5.82 Å². The molecule has 1 aromatic heterocycles. The van der Waals surface area contributed by atoms with Crippen LogP contribution in [-0.2, 0) is 15.9 Å². The number of nitrogens with zero attached hydrogens (tertiary/aromatic N) is 3. The third-order valence-corrected chi connectivity index (χ3v) is 6.02. The van der Waals surface area contributed by atoms with E-state index in [2.05, 4.69) is 15.3 Å². The van der Waals surface area contributed by atoms with Crippen LogP contribution in [0.2, 0.25) is 0 Å². The number of carbonyl (C=O) groups excluding carboxylic acids is 2. The molecule has 30 heavy (non-hydrogen) atoms. The molecule has 1 spiro atoms. The SMILES string of the molecule is O=C(CN1C[C@@]2(CC2(F)F)c2cc(C3(F)CC3)ccc2C1=O)Nc1ncc(F)cn1. The quantitative estimate of drug-likeness (QED) is 0.772. The second kappa shape index (κ2) is 5.99. The fourth-order valence-electron chi connectivity index (χ4n) is 4.10. The Morgan fingerprint density at radius 1 is 1.17 bits per heavy atom. The molecule has 10 heteroatoms. The van der Waals surface area contributed by atoms with Gasteiger partial charge in [0.25, 0.3) is 11.8 Å². The Balaban J connectivity index is 1.41. The van der Waals surface area contributed by atoms with Crippen LogP contribution in [0.5, 0.6) is 0 Å². The van der Waals surface area contributed by atoms with Crippen molar-refractivity contribution in [2.75, 3.05) is 18.4 Å². The summed E-state index contributed by atoms with van der Waals surface area (Å²) in [5.41, 5.74) is -2.61. The summed E-state index contributed by atoms with van der Waals surface area (Å²) in [5.74, 6) is -5.18. The van der Waals surface area contributed by atoms with E-state index >= 15 is 0 Å². The predicted molar refractivity (Wildman–Crippen MR) is 96.2 cm³/mol. The number of halogens is 4. The van der Waals surface area contributed by atoms with E-state index in [1.165, 1.54) is 18.2 Å². The molecule has 3 aliphatic rings. The smallest absolute Gasteiger partial charge is 0.260 e. The van der Waals surface area contributed by atoms with Crippen molar-refractivity contribution < 1.29 is 27.2 Å². The van der Waals surface area contributed by atoms with Crippen molar-refractivity contribution >= 4 is 17.8 Å². The van der Waals surface area contributed by atoms with E-state index in [0.717, 1.165) is 17.3 Å². The Kier molecular flexibility index (Phi) is 3.78. The Morgan fingerprint density at radius 3 is 2.43 bits per heavy atom. The number of hydrogen-bond acceptors (Lipinski definition) is 4. The van der Waals surface area contributed by atoms with E-state index < -0.39 is 47.6 Å². The van der Waals surface area contributed by atoms with Crippen molar-refractivity contribution in [1.29, 1.82) is 0 Å². The van der Waals surface area contributed by atoms with E-state index in [9.17, 15) is 27.2 Å². The number of carbonyl (C=O) groups is 2. The zero-order chi connectivity index (χ0) is 21.3. The molecule has 6 nitrogen and oxygen atoms in total. The largest absolute Gasteiger partial charge is 0.328 e. The van der Waals surface area contributed by atoms with E-state index in [1.54, 1.807) is 0 Å². The highest BCUT2D eigenvalue weighted by Gasteiger charge is 2.74. The molecule has 1 N–H and O–H groups in total. The highest BCUT2D eigenvalue weighted by atomic mass is 19.3. The lowest BCUT2D eigenvalue weighted by molar-refractivity contribution is -0.117. The van der Waals surface area contributed by atoms with Crippen molar-refractivity contribution in [2.24, 2.45) is 0 Å². The van der Waals surface area contributed by atoms with Gasteiger partial charge in [-0.05, 0) is 30.0 Å². The van der Waals surface area contributed by atoms with Gasteiger partial charge in [0.05, 0.1) is 17.8 Å². The number of fused-ring (bicyclic) bond motifs is 2. The summed E-state index contributed by atoms with van der Waals surface area (Å²) in [4.78, 5) is 33.4. The summed E-state index contributed by atoms with van der Waals surface area (Å²) < 4.78 is 56.2. The fourth-order valence-corrected chi connectivity index (χ4v) is 4.10. The first-order chi connectivity index (χ1) is 14.1. The number of anilines is 1. The van der Waals surface area contributed by atoms with Gasteiger partial charge in [0.2, 0.25) is 11.9 Å². The lowest BCUT2D eigenvalue weighted by Gasteiger charge is -2.34. The maximum Gasteiger partial charge on any atom is 0.260 e. The van der Waals surface area contributed by atoms with E-state index in [0.29, 0.717) is 18.4 Å². The highest BCUT2D eigenvalue weighted by Crippen LogP contribution is 2.64. The number of benzene rings is 1. The van der Waals surface area contributed by atoms with Crippen molar-refractivity contribution in [2.45, 2.75) is 36.3 Å². The molecule has 0 bridgehead atoms. The van der Waals surface area contributed by atoms with E-state index in [4.69, 9.17) is 0 Å². The molecule has 1 atom stereocenters. The molecule has 0 saturated heterocycles. The highest BCUT2D eigenvalue weighted by molar-refractivity contribution is 6.01. The van der Waals surface area contributed by atoms with Gasteiger partial charge in [-0.15, -0.1) is 0 Å². The van der Waals surface area contributed by atoms with Crippen molar-refractivity contribution in [3.8, 4) is 0 Å². The summed E-state index contributed by atoms with van der Waals surface area (Å²) in [6, 6.07) is 4.22. The molecule has 2 aliphatic carbocycles. The van der Waals surface area contributed by atoms with Crippen molar-refractivity contribution in [3.63, 3.8) is 0 Å². The Morgan fingerprint density at radius 2 is 1.83 bits per heavy atom. The zero-order valence-electron chi connectivity index (χ0n) is 15.6. The van der Waals surface area contributed by atoms with Crippen LogP contribution < -0.4 is 5.32 Å². The molecular formula is C20H16F4N4O2. The molecule has 2 saturated carbocycles. The van der Waals surface area contributed by atoms with Gasteiger partial charge in [-0.3, -0.25) is 14.9 Å². The van der Waals surface area contributed by atoms with Gasteiger partial charge in [-0.1, -0.05) is 12.1 Å². The standard InChI is InChI=1S/C20H16F4N4O2/c21-12-6-25-17(26-7-12)27-15(29)8-28-10-18(9-20(18,23)24)14-5-11(19(22)3-4-19)1-2-13(14)16(28)30/h1-2,5-7H,3-4,8-10H2,(H,25,26,27,29)/t18-/m0/s1. The molecule has 1 aliphatic heterocycles. The van der Waals surface area contributed by atoms with Gasteiger partial charge in [-0.2, -0.15) is 0 Å². The second-order valence-electron chi connectivity index (χ2n) is 8.12. The van der Waals surface area contributed by atoms with Crippen LogP contribution in [-0.4, -0.2) is 45.7 Å². The summed E-state index contributed by atoms with van der Waals surface area (Å²) in [6.45, 7) is -0.849. The number of aromatic nitrogens is 2. The molecule has 5 rings (SSSR count). The molecule has 1 aromatic carbocycles. The number of amides is 2. The van der Waals surface area contributed by atoms with Crippen LogP contribution in [0.25, 0.3) is 0 Å². The van der Waals surface area contributed by atoms with Crippen LogP contribution in [0.1, 0.15) is 40.7 Å². The minimum absolute atomic E-state index is 0.0530. The molecule has 2 aromatic rings. The van der Waals surface area contributed by atoms with Crippen LogP contribution in [0.15, 0.2) is 30.6 Å². The average molecular weight is 420 g/mol. The lowest BCUT2D eigenvalue weighted by Crippen LogP contribution is -2.48. The lowest BCUT2D eigenvalue weighted by atomic mass is 9.84. The molecule has 0 unspecified atom stereocenters. The molecule has 2 heterocycles. The summed E-state index contributed by atoms with van der Waals surface area (Å²) in [6.07, 6.45) is 1.92. The van der Waals surface area contributed by atoms with Gasteiger partial charge in [0, 0.05) is 18.5 Å². The number of hydrogen-bond donors (Lipinski definition) is 1. The first-order valence-corrected chi connectivity index (χ1v) is 9.42. The third-order valence-electron chi connectivity index (χ3n) is 6.02. The van der Waals surface area contributed by atoms with Crippen LogP contribution in [0, 0.1) is 5.82 Å². The Bertz CT molecular complexity index is 1070.